The summed E-state index contributed by atoms with van der Waals surface area (Å²) in [6.07, 6.45) is -4.48. The van der Waals surface area contributed by atoms with E-state index in [1.165, 1.54) is 0 Å². The Morgan fingerprint density at radius 2 is 1.34 bits per heavy atom. The topological polar surface area (TPSA) is 50.7 Å². The number of aliphatic imine (C=N–C) groups is 1. The molecule has 0 bridgehead atoms. The van der Waals surface area contributed by atoms with Crippen LogP contribution in [0.25, 0.3) is 0 Å². The van der Waals surface area contributed by atoms with Crippen molar-refractivity contribution in [2.75, 3.05) is 0 Å². The third-order valence-corrected chi connectivity index (χ3v) is 4.71. The maximum atomic E-state index is 12.7. The second-order valence-electron chi connectivity index (χ2n) is 8.19. The molecule has 0 aromatic heterocycles. The molecule has 7 heteroatoms. The minimum Gasteiger partial charge on any atom is -0.336 e. The summed E-state index contributed by atoms with van der Waals surface area (Å²) in [7, 11) is 0. The Kier molecular flexibility index (Phi) is 6.67. The second-order valence-corrected chi connectivity index (χ2v) is 8.19. The van der Waals surface area contributed by atoms with Gasteiger partial charge in [0.25, 0.3) is 0 Å². The lowest BCUT2D eigenvalue weighted by molar-refractivity contribution is -0.137. The number of carbonyl (C=O) groups is 1. The van der Waals surface area contributed by atoms with Crippen molar-refractivity contribution in [3.05, 3.63) is 101 Å². The minimum atomic E-state index is -4.48. The van der Waals surface area contributed by atoms with Gasteiger partial charge in [0, 0.05) is 5.56 Å². The Hall–Kier alpha value is -3.61. The van der Waals surface area contributed by atoms with E-state index in [1.807, 2.05) is 42.5 Å². The van der Waals surface area contributed by atoms with Gasteiger partial charge < -0.3 is 4.84 Å². The molecular formula is C25H23F3N2O2. The highest BCUT2D eigenvalue weighted by Gasteiger charge is 2.30. The number of carbonyl (C=O) groups excluding carboxylic acids is 1. The second kappa shape index (κ2) is 9.26. The molecule has 3 aromatic rings. The van der Waals surface area contributed by atoms with E-state index in [1.54, 1.807) is 12.1 Å². The predicted octanol–water partition coefficient (Wildman–Crippen LogP) is 6.44. The molecule has 3 aromatic carbocycles. The first-order valence-corrected chi connectivity index (χ1v) is 9.93. The van der Waals surface area contributed by atoms with Crippen LogP contribution < -0.4 is 5.48 Å². The maximum Gasteiger partial charge on any atom is 0.416 e. The Balaban J connectivity index is 1.80. The van der Waals surface area contributed by atoms with E-state index < -0.39 is 17.7 Å². The lowest BCUT2D eigenvalue weighted by Crippen LogP contribution is -2.28. The van der Waals surface area contributed by atoms with Gasteiger partial charge in [-0.05, 0) is 47.4 Å². The van der Waals surface area contributed by atoms with Gasteiger partial charge in [-0.3, -0.25) is 0 Å². The summed E-state index contributed by atoms with van der Waals surface area (Å²) in [4.78, 5) is 22.0. The lowest BCUT2D eigenvalue weighted by Gasteiger charge is -2.18. The lowest BCUT2D eigenvalue weighted by atomic mass is 9.87. The van der Waals surface area contributed by atoms with Gasteiger partial charge in [-0.1, -0.05) is 63.2 Å². The summed E-state index contributed by atoms with van der Waals surface area (Å²) in [5.74, 6) is -0.542. The molecule has 0 fully saturated rings. The van der Waals surface area contributed by atoms with Crippen LogP contribution in [0.4, 0.5) is 18.9 Å². The van der Waals surface area contributed by atoms with Crippen molar-refractivity contribution in [3.63, 3.8) is 0 Å². The maximum absolute atomic E-state index is 12.7. The summed E-state index contributed by atoms with van der Waals surface area (Å²) in [6.45, 7) is 6.34. The van der Waals surface area contributed by atoms with E-state index in [0.29, 0.717) is 11.3 Å². The van der Waals surface area contributed by atoms with Gasteiger partial charge in [-0.25, -0.2) is 9.79 Å². The van der Waals surface area contributed by atoms with Crippen LogP contribution >= 0.6 is 0 Å². The van der Waals surface area contributed by atoms with Crippen molar-refractivity contribution in [1.82, 2.24) is 5.48 Å². The molecule has 0 saturated heterocycles. The standard InChI is InChI=1S/C25H23F3N2O2/c1-24(2,3)19-13-15-21(16-14-19)29-22(17-7-5-4-6-8-17)30-32-23(31)18-9-11-20(12-10-18)25(26,27)28/h4-16H,1-3H3,(H,29,30). The molecule has 166 valence electrons. The number of hydrogen-bond donors (Lipinski definition) is 1. The molecule has 4 nitrogen and oxygen atoms in total. The zero-order valence-electron chi connectivity index (χ0n) is 17.9. The van der Waals surface area contributed by atoms with Crippen LogP contribution in [-0.2, 0) is 16.4 Å². The van der Waals surface area contributed by atoms with E-state index in [0.717, 1.165) is 29.8 Å². The zero-order chi connectivity index (χ0) is 23.4. The van der Waals surface area contributed by atoms with E-state index in [4.69, 9.17) is 4.84 Å². The van der Waals surface area contributed by atoms with E-state index in [2.05, 4.69) is 31.2 Å². The van der Waals surface area contributed by atoms with Crippen molar-refractivity contribution in [3.8, 4) is 0 Å². The van der Waals surface area contributed by atoms with Crippen LogP contribution in [0.15, 0.2) is 83.9 Å². The molecule has 0 unspecified atom stereocenters. The fraction of sp³-hybridized carbons (Fsp3) is 0.200. The van der Waals surface area contributed by atoms with Crippen LogP contribution in [-0.4, -0.2) is 11.8 Å². The van der Waals surface area contributed by atoms with Gasteiger partial charge in [-0.2, -0.15) is 18.7 Å². The molecule has 32 heavy (non-hydrogen) atoms. The Morgan fingerprint density at radius 1 is 0.781 bits per heavy atom. The van der Waals surface area contributed by atoms with Gasteiger partial charge >= 0.3 is 12.1 Å². The summed E-state index contributed by atoms with van der Waals surface area (Å²) < 4.78 is 38.1. The van der Waals surface area contributed by atoms with Crippen molar-refractivity contribution in [2.45, 2.75) is 32.4 Å². The predicted molar refractivity (Wildman–Crippen MR) is 118 cm³/mol. The average molecular weight is 440 g/mol. The summed E-state index contributed by atoms with van der Waals surface area (Å²) in [5, 5.41) is 0. The Bertz CT molecular complexity index is 1080. The highest BCUT2D eigenvalue weighted by Crippen LogP contribution is 2.29. The SMILES string of the molecule is CC(C)(C)c1ccc(N=C(NOC(=O)c2ccc(C(F)(F)F)cc2)c2ccccc2)cc1. The van der Waals surface area contributed by atoms with E-state index in [-0.39, 0.29) is 16.8 Å². The van der Waals surface area contributed by atoms with Crippen molar-refractivity contribution < 1.29 is 22.8 Å². The van der Waals surface area contributed by atoms with Crippen LogP contribution in [0.3, 0.4) is 0 Å². The van der Waals surface area contributed by atoms with Gasteiger partial charge in [-0.15, -0.1) is 0 Å². The molecule has 0 aliphatic carbocycles. The average Bonchev–Trinajstić information content (AvgIpc) is 2.76. The molecule has 0 radical (unpaired) electrons. The van der Waals surface area contributed by atoms with Crippen LogP contribution in [0.2, 0.25) is 0 Å². The first-order chi connectivity index (χ1) is 15.0. The van der Waals surface area contributed by atoms with Crippen LogP contribution in [0.5, 0.6) is 0 Å². The molecule has 0 heterocycles. The quantitative estimate of drug-likeness (QED) is 0.290. The summed E-state index contributed by atoms with van der Waals surface area (Å²) in [6, 6.07) is 20.5. The van der Waals surface area contributed by atoms with Gasteiger partial charge in [0.15, 0.2) is 5.84 Å². The smallest absolute Gasteiger partial charge is 0.336 e. The molecule has 0 atom stereocenters. The third-order valence-electron chi connectivity index (χ3n) is 4.71. The largest absolute Gasteiger partial charge is 0.416 e. The molecule has 3 rings (SSSR count). The van der Waals surface area contributed by atoms with Crippen molar-refractivity contribution >= 4 is 17.5 Å². The van der Waals surface area contributed by atoms with Gasteiger partial charge in [0.1, 0.15) is 0 Å². The molecule has 0 saturated carbocycles. The van der Waals surface area contributed by atoms with E-state index >= 15 is 0 Å². The summed E-state index contributed by atoms with van der Waals surface area (Å²) in [5.41, 5.74) is 4.16. The molecule has 0 aliphatic rings. The number of nitrogens with one attached hydrogen (secondary N) is 1. The highest BCUT2D eigenvalue weighted by molar-refractivity contribution is 6.01. The number of alkyl halides is 3. The van der Waals surface area contributed by atoms with Gasteiger partial charge in [0.2, 0.25) is 0 Å². The normalized spacial score (nSPS) is 12.4. The number of rotatable bonds is 3. The third kappa shape index (κ3) is 5.97. The zero-order valence-corrected chi connectivity index (χ0v) is 17.9. The highest BCUT2D eigenvalue weighted by atomic mass is 19.4. The fourth-order valence-electron chi connectivity index (χ4n) is 2.86. The Labute approximate surface area is 184 Å². The number of benzene rings is 3. The van der Waals surface area contributed by atoms with Gasteiger partial charge in [0.05, 0.1) is 16.8 Å². The van der Waals surface area contributed by atoms with Crippen molar-refractivity contribution in [1.29, 1.82) is 0 Å². The van der Waals surface area contributed by atoms with Crippen LogP contribution in [0, 0.1) is 0 Å². The number of hydrogen-bond acceptors (Lipinski definition) is 3. The number of hydroxylamine groups is 1. The fourth-order valence-corrected chi connectivity index (χ4v) is 2.86. The molecule has 0 spiro atoms. The first kappa shape index (κ1) is 23.1. The Morgan fingerprint density at radius 3 is 1.88 bits per heavy atom. The number of nitrogens with zero attached hydrogens (tertiary/aromatic N) is 1. The first-order valence-electron chi connectivity index (χ1n) is 9.93. The van der Waals surface area contributed by atoms with Crippen molar-refractivity contribution in [2.24, 2.45) is 4.99 Å². The minimum absolute atomic E-state index is 0.0000515. The number of halogens is 3. The van der Waals surface area contributed by atoms with Crippen LogP contribution in [0.1, 0.15) is 47.8 Å². The summed E-state index contributed by atoms with van der Waals surface area (Å²) >= 11 is 0. The monoisotopic (exact) mass is 440 g/mol. The molecular weight excluding hydrogens is 417 g/mol. The van der Waals surface area contributed by atoms with E-state index in [9.17, 15) is 18.0 Å². The molecule has 0 amide bonds. The number of amidine groups is 1. The molecule has 1 N–H and O–H groups in total. The molecule has 0 aliphatic heterocycles.